The Morgan fingerprint density at radius 2 is 2.00 bits per heavy atom. The molecule has 1 saturated carbocycles. The molecule has 2 rings (SSSR count). The minimum absolute atomic E-state index is 0.391. The van der Waals surface area contributed by atoms with Gasteiger partial charge < -0.3 is 5.73 Å². The average Bonchev–Trinajstić information content (AvgIpc) is 2.69. The van der Waals surface area contributed by atoms with Crippen molar-refractivity contribution in [2.45, 2.75) is 51.1 Å². The van der Waals surface area contributed by atoms with E-state index in [1.807, 2.05) is 0 Å². The first kappa shape index (κ1) is 12.3. The SMILES string of the molecule is CCN(CC)C1CCN(C2(CN)CCC2)C1. The van der Waals surface area contributed by atoms with Crippen molar-refractivity contribution in [3.8, 4) is 0 Å². The third kappa shape index (κ3) is 2.01. The minimum Gasteiger partial charge on any atom is -0.329 e. The molecule has 3 heteroatoms. The fourth-order valence-corrected chi connectivity index (χ4v) is 3.45. The highest BCUT2D eigenvalue weighted by Gasteiger charge is 2.44. The molecule has 1 unspecified atom stereocenters. The van der Waals surface area contributed by atoms with Gasteiger partial charge >= 0.3 is 0 Å². The Labute approximate surface area is 100.0 Å². The van der Waals surface area contributed by atoms with Crippen LogP contribution in [0.1, 0.15) is 39.5 Å². The van der Waals surface area contributed by atoms with Gasteiger partial charge in [-0.05, 0) is 38.8 Å². The van der Waals surface area contributed by atoms with E-state index in [0.717, 1.165) is 12.6 Å². The van der Waals surface area contributed by atoms with Crippen LogP contribution in [0.15, 0.2) is 0 Å². The number of likely N-dealkylation sites (tertiary alicyclic amines) is 1. The summed E-state index contributed by atoms with van der Waals surface area (Å²) in [4.78, 5) is 5.28. The quantitative estimate of drug-likeness (QED) is 0.765. The van der Waals surface area contributed by atoms with Crippen molar-refractivity contribution >= 4 is 0 Å². The molecule has 0 aromatic heterocycles. The van der Waals surface area contributed by atoms with Gasteiger partial charge in [-0.2, -0.15) is 0 Å². The lowest BCUT2D eigenvalue weighted by molar-refractivity contribution is 0.0372. The Bertz CT molecular complexity index is 216. The molecule has 2 N–H and O–H groups in total. The number of nitrogens with zero attached hydrogens (tertiary/aromatic N) is 2. The lowest BCUT2D eigenvalue weighted by Crippen LogP contribution is -2.58. The van der Waals surface area contributed by atoms with Gasteiger partial charge in [0.15, 0.2) is 0 Å². The maximum absolute atomic E-state index is 5.98. The van der Waals surface area contributed by atoms with Gasteiger partial charge in [0.2, 0.25) is 0 Å². The van der Waals surface area contributed by atoms with Gasteiger partial charge in [-0.1, -0.05) is 13.8 Å². The summed E-state index contributed by atoms with van der Waals surface area (Å²) >= 11 is 0. The van der Waals surface area contributed by atoms with Gasteiger partial charge in [-0.3, -0.25) is 9.80 Å². The standard InChI is InChI=1S/C13H27N3/c1-3-15(4-2)12-6-9-16(10-12)13(11-14)7-5-8-13/h12H,3-11,14H2,1-2H3. The Hall–Kier alpha value is -0.120. The van der Waals surface area contributed by atoms with E-state index in [0.29, 0.717) is 5.54 Å². The fraction of sp³-hybridized carbons (Fsp3) is 1.00. The lowest BCUT2D eigenvalue weighted by atomic mass is 9.75. The summed E-state index contributed by atoms with van der Waals surface area (Å²) in [6.07, 6.45) is 5.37. The van der Waals surface area contributed by atoms with E-state index < -0.39 is 0 Å². The number of hydrogen-bond donors (Lipinski definition) is 1. The van der Waals surface area contributed by atoms with Crippen molar-refractivity contribution in [1.29, 1.82) is 0 Å². The molecule has 16 heavy (non-hydrogen) atoms. The van der Waals surface area contributed by atoms with Crippen molar-refractivity contribution in [3.05, 3.63) is 0 Å². The van der Waals surface area contributed by atoms with Crippen LogP contribution in [0.3, 0.4) is 0 Å². The minimum atomic E-state index is 0.391. The molecule has 0 spiro atoms. The van der Waals surface area contributed by atoms with E-state index in [-0.39, 0.29) is 0 Å². The van der Waals surface area contributed by atoms with E-state index in [1.54, 1.807) is 0 Å². The zero-order chi connectivity index (χ0) is 11.6. The van der Waals surface area contributed by atoms with Crippen LogP contribution in [0.5, 0.6) is 0 Å². The van der Waals surface area contributed by atoms with E-state index in [4.69, 9.17) is 5.73 Å². The normalized spacial score (nSPS) is 29.6. The number of rotatable bonds is 5. The Kier molecular flexibility index (Phi) is 3.88. The molecule has 1 aliphatic carbocycles. The molecule has 1 heterocycles. The van der Waals surface area contributed by atoms with E-state index >= 15 is 0 Å². The molecule has 0 radical (unpaired) electrons. The smallest absolute Gasteiger partial charge is 0.0332 e. The zero-order valence-electron chi connectivity index (χ0n) is 10.9. The van der Waals surface area contributed by atoms with Gasteiger partial charge in [0.25, 0.3) is 0 Å². The van der Waals surface area contributed by atoms with Gasteiger partial charge in [-0.25, -0.2) is 0 Å². The predicted molar refractivity (Wildman–Crippen MR) is 68.5 cm³/mol. The monoisotopic (exact) mass is 225 g/mol. The molecule has 1 aliphatic heterocycles. The van der Waals surface area contributed by atoms with Gasteiger partial charge in [0, 0.05) is 31.2 Å². The van der Waals surface area contributed by atoms with Crippen LogP contribution in [0, 0.1) is 0 Å². The summed E-state index contributed by atoms with van der Waals surface area (Å²) < 4.78 is 0. The topological polar surface area (TPSA) is 32.5 Å². The van der Waals surface area contributed by atoms with Crippen molar-refractivity contribution < 1.29 is 0 Å². The van der Waals surface area contributed by atoms with Crippen molar-refractivity contribution in [2.24, 2.45) is 5.73 Å². The highest BCUT2D eigenvalue weighted by atomic mass is 15.3. The second kappa shape index (κ2) is 5.03. The van der Waals surface area contributed by atoms with Crippen molar-refractivity contribution in [1.82, 2.24) is 9.80 Å². The maximum atomic E-state index is 5.98. The van der Waals surface area contributed by atoms with E-state index in [9.17, 15) is 0 Å². The van der Waals surface area contributed by atoms with Gasteiger partial charge in [0.05, 0.1) is 0 Å². The van der Waals surface area contributed by atoms with Crippen molar-refractivity contribution in [3.63, 3.8) is 0 Å². The Balaban J connectivity index is 1.92. The van der Waals surface area contributed by atoms with Crippen LogP contribution in [0.25, 0.3) is 0 Å². The lowest BCUT2D eigenvalue weighted by Gasteiger charge is -2.48. The van der Waals surface area contributed by atoms with Crippen LogP contribution in [0.2, 0.25) is 0 Å². The molecule has 2 aliphatic rings. The highest BCUT2D eigenvalue weighted by Crippen LogP contribution is 2.39. The molecular weight excluding hydrogens is 198 g/mol. The third-order valence-corrected chi connectivity index (χ3v) is 4.83. The summed E-state index contributed by atoms with van der Waals surface area (Å²) in [6, 6.07) is 0.777. The number of likely N-dealkylation sites (N-methyl/N-ethyl adjacent to an activating group) is 1. The van der Waals surface area contributed by atoms with Gasteiger partial charge in [0.1, 0.15) is 0 Å². The van der Waals surface area contributed by atoms with E-state index in [2.05, 4.69) is 23.6 Å². The fourth-order valence-electron chi connectivity index (χ4n) is 3.45. The van der Waals surface area contributed by atoms with Crippen LogP contribution >= 0.6 is 0 Å². The molecular formula is C13H27N3. The Morgan fingerprint density at radius 1 is 1.31 bits per heavy atom. The molecule has 0 amide bonds. The van der Waals surface area contributed by atoms with Crippen LogP contribution in [0.4, 0.5) is 0 Å². The summed E-state index contributed by atoms with van der Waals surface area (Å²) in [6.45, 7) is 10.3. The van der Waals surface area contributed by atoms with Crippen LogP contribution in [-0.4, -0.2) is 54.1 Å². The summed E-state index contributed by atoms with van der Waals surface area (Å²) in [5.74, 6) is 0. The second-order valence-corrected chi connectivity index (χ2v) is 5.39. The van der Waals surface area contributed by atoms with Gasteiger partial charge in [-0.15, -0.1) is 0 Å². The summed E-state index contributed by atoms with van der Waals surface area (Å²) in [5.41, 5.74) is 6.37. The number of hydrogen-bond acceptors (Lipinski definition) is 3. The molecule has 0 aromatic rings. The van der Waals surface area contributed by atoms with E-state index in [1.165, 1.54) is 51.9 Å². The van der Waals surface area contributed by atoms with Crippen molar-refractivity contribution in [2.75, 3.05) is 32.7 Å². The Morgan fingerprint density at radius 3 is 2.44 bits per heavy atom. The maximum Gasteiger partial charge on any atom is 0.0332 e. The molecule has 0 bridgehead atoms. The largest absolute Gasteiger partial charge is 0.329 e. The predicted octanol–water partition coefficient (Wildman–Crippen LogP) is 1.28. The molecule has 0 aromatic carbocycles. The highest BCUT2D eigenvalue weighted by molar-refractivity contribution is 5.02. The molecule has 1 saturated heterocycles. The van der Waals surface area contributed by atoms with Crippen LogP contribution < -0.4 is 5.73 Å². The first-order chi connectivity index (χ1) is 7.75. The summed E-state index contributed by atoms with van der Waals surface area (Å²) in [5, 5.41) is 0. The molecule has 2 fully saturated rings. The number of nitrogens with two attached hydrogens (primary N) is 1. The third-order valence-electron chi connectivity index (χ3n) is 4.83. The first-order valence-corrected chi connectivity index (χ1v) is 6.95. The average molecular weight is 225 g/mol. The second-order valence-electron chi connectivity index (χ2n) is 5.39. The molecule has 3 nitrogen and oxygen atoms in total. The zero-order valence-corrected chi connectivity index (χ0v) is 10.9. The first-order valence-electron chi connectivity index (χ1n) is 6.95. The summed E-state index contributed by atoms with van der Waals surface area (Å²) in [7, 11) is 0. The molecule has 1 atom stereocenters. The molecule has 94 valence electrons. The van der Waals surface area contributed by atoms with Crippen LogP contribution in [-0.2, 0) is 0 Å².